The van der Waals surface area contributed by atoms with Crippen molar-refractivity contribution in [2.45, 2.75) is 32.4 Å². The van der Waals surface area contributed by atoms with E-state index in [1.807, 2.05) is 24.3 Å². The summed E-state index contributed by atoms with van der Waals surface area (Å²) in [7, 11) is 1.51. The Balaban J connectivity index is 1.92. The van der Waals surface area contributed by atoms with E-state index in [0.29, 0.717) is 13.0 Å². The van der Waals surface area contributed by atoms with Gasteiger partial charge in [0.05, 0.1) is 0 Å². The van der Waals surface area contributed by atoms with Gasteiger partial charge in [0.15, 0.2) is 0 Å². The smallest absolute Gasteiger partial charge is 0.249 e. The number of nitrogens with one attached hydrogen (secondary N) is 1. The maximum Gasteiger partial charge on any atom is 0.249 e. The summed E-state index contributed by atoms with van der Waals surface area (Å²) in [5.41, 5.74) is 1.92. The number of rotatable bonds is 5. The number of anilines is 1. The maximum atomic E-state index is 11.6. The zero-order chi connectivity index (χ0) is 14.5. The van der Waals surface area contributed by atoms with Crippen LogP contribution < -0.4 is 10.2 Å². The molecular weight excluding hydrogens is 256 g/mol. The molecule has 1 aliphatic heterocycles. The van der Waals surface area contributed by atoms with Gasteiger partial charge in [0.2, 0.25) is 11.8 Å². The van der Waals surface area contributed by atoms with Gasteiger partial charge >= 0.3 is 0 Å². The van der Waals surface area contributed by atoms with Gasteiger partial charge in [0, 0.05) is 32.3 Å². The van der Waals surface area contributed by atoms with Crippen molar-refractivity contribution in [2.75, 3.05) is 18.6 Å². The minimum atomic E-state index is -0.448. The first-order valence-electron chi connectivity index (χ1n) is 6.81. The second kappa shape index (κ2) is 6.52. The molecule has 5 heteroatoms. The molecule has 0 radical (unpaired) electrons. The fourth-order valence-electron chi connectivity index (χ4n) is 2.15. The molecule has 1 heterocycles. The lowest BCUT2D eigenvalue weighted by Gasteiger charge is -2.16. The molecule has 1 aromatic carbocycles. The summed E-state index contributed by atoms with van der Waals surface area (Å²) in [5.74, 6) is 0.0475. The van der Waals surface area contributed by atoms with E-state index in [1.165, 1.54) is 7.11 Å². The molecule has 0 spiro atoms. The molecule has 20 heavy (non-hydrogen) atoms. The van der Waals surface area contributed by atoms with Crippen LogP contribution in [0.15, 0.2) is 24.3 Å². The number of ether oxygens (including phenoxy) is 1. The number of methoxy groups -OCH3 is 1. The molecule has 2 amide bonds. The third-order valence-corrected chi connectivity index (χ3v) is 3.51. The van der Waals surface area contributed by atoms with Crippen LogP contribution in [0.25, 0.3) is 0 Å². The molecule has 5 nitrogen and oxygen atoms in total. The van der Waals surface area contributed by atoms with Crippen molar-refractivity contribution in [1.29, 1.82) is 0 Å². The normalized spacial score (nSPS) is 16.3. The zero-order valence-corrected chi connectivity index (χ0v) is 11.9. The Morgan fingerprint density at radius 3 is 2.65 bits per heavy atom. The molecule has 1 atom stereocenters. The Kier molecular flexibility index (Phi) is 4.74. The summed E-state index contributed by atoms with van der Waals surface area (Å²) in [6.45, 7) is 2.96. The molecule has 0 saturated carbocycles. The average molecular weight is 276 g/mol. The quantitative estimate of drug-likeness (QED) is 0.886. The van der Waals surface area contributed by atoms with Gasteiger partial charge in [-0.25, -0.2) is 0 Å². The summed E-state index contributed by atoms with van der Waals surface area (Å²) < 4.78 is 4.94. The van der Waals surface area contributed by atoms with Crippen molar-refractivity contribution in [3.63, 3.8) is 0 Å². The van der Waals surface area contributed by atoms with E-state index in [4.69, 9.17) is 4.74 Å². The number of nitrogens with zero attached hydrogens (tertiary/aromatic N) is 1. The molecule has 0 bridgehead atoms. The number of benzene rings is 1. The molecule has 2 rings (SSSR count). The monoisotopic (exact) mass is 276 g/mol. The van der Waals surface area contributed by atoms with E-state index in [2.05, 4.69) is 5.32 Å². The maximum absolute atomic E-state index is 11.6. The summed E-state index contributed by atoms with van der Waals surface area (Å²) >= 11 is 0. The van der Waals surface area contributed by atoms with Crippen molar-refractivity contribution in [3.05, 3.63) is 29.8 Å². The van der Waals surface area contributed by atoms with Gasteiger partial charge in [-0.1, -0.05) is 12.1 Å². The molecular formula is C15H20N2O3. The first kappa shape index (κ1) is 14.5. The molecule has 1 aliphatic rings. The van der Waals surface area contributed by atoms with E-state index in [0.717, 1.165) is 24.2 Å². The highest BCUT2D eigenvalue weighted by Crippen LogP contribution is 2.21. The molecule has 1 aromatic rings. The van der Waals surface area contributed by atoms with Crippen LogP contribution in [0.3, 0.4) is 0 Å². The summed E-state index contributed by atoms with van der Waals surface area (Å²) in [6.07, 6.45) is 1.11. The van der Waals surface area contributed by atoms with E-state index in [1.54, 1.807) is 11.8 Å². The Bertz CT molecular complexity index is 484. The van der Waals surface area contributed by atoms with Crippen molar-refractivity contribution in [3.8, 4) is 0 Å². The molecule has 1 unspecified atom stereocenters. The van der Waals surface area contributed by atoms with Gasteiger partial charge in [0.1, 0.15) is 6.10 Å². The second-order valence-electron chi connectivity index (χ2n) is 4.91. The lowest BCUT2D eigenvalue weighted by Crippen LogP contribution is -2.33. The van der Waals surface area contributed by atoms with Gasteiger partial charge in [0.25, 0.3) is 0 Å². The predicted octanol–water partition coefficient (Wildman–Crippen LogP) is 1.46. The largest absolute Gasteiger partial charge is 0.372 e. The minimum absolute atomic E-state index is 0.133. The molecule has 1 N–H and O–H groups in total. The minimum Gasteiger partial charge on any atom is -0.372 e. The van der Waals surface area contributed by atoms with E-state index >= 15 is 0 Å². The van der Waals surface area contributed by atoms with E-state index < -0.39 is 6.10 Å². The molecule has 1 saturated heterocycles. The van der Waals surface area contributed by atoms with Crippen LogP contribution in [0.4, 0.5) is 5.69 Å². The Hall–Kier alpha value is -1.88. The van der Waals surface area contributed by atoms with Crippen LogP contribution >= 0.6 is 0 Å². The van der Waals surface area contributed by atoms with Crippen molar-refractivity contribution in [1.82, 2.24) is 5.32 Å². The van der Waals surface area contributed by atoms with Gasteiger partial charge < -0.3 is 15.0 Å². The predicted molar refractivity (Wildman–Crippen MR) is 76.3 cm³/mol. The van der Waals surface area contributed by atoms with Crippen LogP contribution in [-0.2, 0) is 20.9 Å². The van der Waals surface area contributed by atoms with Crippen LogP contribution in [0, 0.1) is 0 Å². The zero-order valence-electron chi connectivity index (χ0n) is 11.9. The lowest BCUT2D eigenvalue weighted by atomic mass is 10.2. The highest BCUT2D eigenvalue weighted by Gasteiger charge is 2.21. The van der Waals surface area contributed by atoms with Crippen molar-refractivity contribution >= 4 is 17.5 Å². The fraction of sp³-hybridized carbons (Fsp3) is 0.467. The second-order valence-corrected chi connectivity index (χ2v) is 4.91. The standard InChI is InChI=1S/C15H20N2O3/c1-11(20-2)15(19)16-10-12-5-7-13(8-6-12)17-9-3-4-14(17)18/h5-8,11H,3-4,9-10H2,1-2H3,(H,16,19). The average Bonchev–Trinajstić information content (AvgIpc) is 2.90. The van der Waals surface area contributed by atoms with Crippen molar-refractivity contribution < 1.29 is 14.3 Å². The van der Waals surface area contributed by atoms with Crippen LogP contribution in [0.5, 0.6) is 0 Å². The first-order valence-corrected chi connectivity index (χ1v) is 6.81. The lowest BCUT2D eigenvalue weighted by molar-refractivity contribution is -0.130. The summed E-state index contributed by atoms with van der Waals surface area (Å²) in [4.78, 5) is 25.0. The van der Waals surface area contributed by atoms with Gasteiger partial charge in [-0.3, -0.25) is 9.59 Å². The molecule has 0 aliphatic carbocycles. The highest BCUT2D eigenvalue weighted by molar-refractivity contribution is 5.95. The Labute approximate surface area is 118 Å². The number of carbonyl (C=O) groups excluding carboxylic acids is 2. The topological polar surface area (TPSA) is 58.6 Å². The molecule has 1 fully saturated rings. The van der Waals surface area contributed by atoms with Crippen LogP contribution in [0.2, 0.25) is 0 Å². The van der Waals surface area contributed by atoms with Crippen LogP contribution in [-0.4, -0.2) is 31.6 Å². The number of carbonyl (C=O) groups is 2. The number of hydrogen-bond acceptors (Lipinski definition) is 3. The number of amides is 2. The van der Waals surface area contributed by atoms with E-state index in [-0.39, 0.29) is 11.8 Å². The molecule has 108 valence electrons. The Morgan fingerprint density at radius 2 is 2.10 bits per heavy atom. The fourth-order valence-corrected chi connectivity index (χ4v) is 2.15. The van der Waals surface area contributed by atoms with Gasteiger partial charge in [-0.2, -0.15) is 0 Å². The summed E-state index contributed by atoms with van der Waals surface area (Å²) in [5, 5.41) is 2.80. The Morgan fingerprint density at radius 1 is 1.40 bits per heavy atom. The SMILES string of the molecule is COC(C)C(=O)NCc1ccc(N2CCCC2=O)cc1. The van der Waals surface area contributed by atoms with Crippen LogP contribution in [0.1, 0.15) is 25.3 Å². The van der Waals surface area contributed by atoms with Crippen molar-refractivity contribution in [2.24, 2.45) is 0 Å². The van der Waals surface area contributed by atoms with Gasteiger partial charge in [-0.05, 0) is 31.0 Å². The number of hydrogen-bond donors (Lipinski definition) is 1. The third kappa shape index (κ3) is 3.36. The molecule has 0 aromatic heterocycles. The first-order chi connectivity index (χ1) is 9.61. The van der Waals surface area contributed by atoms with Gasteiger partial charge in [-0.15, -0.1) is 0 Å². The highest BCUT2D eigenvalue weighted by atomic mass is 16.5. The third-order valence-electron chi connectivity index (χ3n) is 3.51. The van der Waals surface area contributed by atoms with E-state index in [9.17, 15) is 9.59 Å². The summed E-state index contributed by atoms with van der Waals surface area (Å²) in [6, 6.07) is 7.70.